The van der Waals surface area contributed by atoms with E-state index in [1.165, 1.54) is 12.1 Å². The van der Waals surface area contributed by atoms with Gasteiger partial charge in [0.05, 0.1) is 0 Å². The van der Waals surface area contributed by atoms with E-state index in [1.54, 1.807) is 24.1 Å². The summed E-state index contributed by atoms with van der Waals surface area (Å²) in [5.41, 5.74) is 1.91. The number of fused-ring (bicyclic) bond motifs is 1. The zero-order valence-corrected chi connectivity index (χ0v) is 10.9. The minimum atomic E-state index is -0.297. The van der Waals surface area contributed by atoms with E-state index < -0.39 is 0 Å². The minimum Gasteiger partial charge on any atom is -0.340 e. The molecule has 20 heavy (non-hydrogen) atoms. The van der Waals surface area contributed by atoms with Crippen LogP contribution >= 0.6 is 0 Å². The quantitative estimate of drug-likeness (QED) is 0.773. The third-order valence-electron chi connectivity index (χ3n) is 3.31. The van der Waals surface area contributed by atoms with Gasteiger partial charge in [-0.05, 0) is 36.4 Å². The van der Waals surface area contributed by atoms with Gasteiger partial charge in [0.25, 0.3) is 5.56 Å². The second-order valence-corrected chi connectivity index (χ2v) is 4.61. The molecular formula is C16H13FN2O. The lowest BCUT2D eigenvalue weighted by Crippen LogP contribution is -2.20. The highest BCUT2D eigenvalue weighted by Gasteiger charge is 2.09. The Kier molecular flexibility index (Phi) is 2.99. The number of hydrogen-bond donors (Lipinski definition) is 1. The highest BCUT2D eigenvalue weighted by molar-refractivity contribution is 5.82. The fraction of sp³-hybridized carbons (Fsp3) is 0.0625. The van der Waals surface area contributed by atoms with Gasteiger partial charge in [0.2, 0.25) is 0 Å². The van der Waals surface area contributed by atoms with Crippen LogP contribution in [0.1, 0.15) is 0 Å². The summed E-state index contributed by atoms with van der Waals surface area (Å²) in [5.74, 6) is -0.297. The summed E-state index contributed by atoms with van der Waals surface area (Å²) in [6.07, 6.45) is 0. The average Bonchev–Trinajstić information content (AvgIpc) is 2.46. The topological polar surface area (TPSA) is 36.1 Å². The van der Waals surface area contributed by atoms with Crippen LogP contribution in [0.5, 0.6) is 0 Å². The molecule has 1 aromatic heterocycles. The van der Waals surface area contributed by atoms with Crippen molar-refractivity contribution < 1.29 is 4.39 Å². The monoisotopic (exact) mass is 268 g/mol. The first-order valence-corrected chi connectivity index (χ1v) is 6.26. The Morgan fingerprint density at radius 1 is 1.05 bits per heavy atom. The molecule has 100 valence electrons. The van der Waals surface area contributed by atoms with Crippen molar-refractivity contribution in [3.05, 3.63) is 70.8 Å². The van der Waals surface area contributed by atoms with Gasteiger partial charge in [-0.1, -0.05) is 18.2 Å². The van der Waals surface area contributed by atoms with E-state index in [4.69, 9.17) is 0 Å². The van der Waals surface area contributed by atoms with Crippen LogP contribution in [0.25, 0.3) is 10.9 Å². The number of H-pyrrole nitrogens is 1. The molecule has 0 radical (unpaired) electrons. The number of aromatic nitrogens is 1. The molecular weight excluding hydrogens is 255 g/mol. The van der Waals surface area contributed by atoms with Crippen molar-refractivity contribution in [3.8, 4) is 0 Å². The molecule has 0 unspecified atom stereocenters. The molecule has 1 heterocycles. The second-order valence-electron chi connectivity index (χ2n) is 4.61. The van der Waals surface area contributed by atoms with E-state index >= 15 is 0 Å². The summed E-state index contributed by atoms with van der Waals surface area (Å²) in [4.78, 5) is 16.7. The Morgan fingerprint density at radius 3 is 2.50 bits per heavy atom. The Balaban J connectivity index is 2.11. The van der Waals surface area contributed by atoms with Gasteiger partial charge in [0.1, 0.15) is 11.5 Å². The minimum absolute atomic E-state index is 0.171. The molecule has 1 N–H and O–H groups in total. The third kappa shape index (κ3) is 2.16. The SMILES string of the molecule is CN(c1ccc(F)cc1)c1cc2ccccc2[nH]c1=O. The Hall–Kier alpha value is -2.62. The summed E-state index contributed by atoms with van der Waals surface area (Å²) >= 11 is 0. The number of para-hydroxylation sites is 1. The summed E-state index contributed by atoms with van der Waals surface area (Å²) < 4.78 is 13.0. The smallest absolute Gasteiger partial charge is 0.272 e. The van der Waals surface area contributed by atoms with E-state index in [0.717, 1.165) is 16.6 Å². The Morgan fingerprint density at radius 2 is 1.75 bits per heavy atom. The van der Waals surface area contributed by atoms with Gasteiger partial charge in [-0.15, -0.1) is 0 Å². The standard InChI is InChI=1S/C16H13FN2O/c1-19(13-8-6-12(17)7-9-13)15-10-11-4-2-3-5-14(11)18-16(15)20/h2-10H,1H3,(H,18,20). The molecule has 0 spiro atoms. The van der Waals surface area contributed by atoms with Gasteiger partial charge in [0, 0.05) is 23.6 Å². The van der Waals surface area contributed by atoms with Gasteiger partial charge in [0.15, 0.2) is 0 Å². The summed E-state index contributed by atoms with van der Waals surface area (Å²) in [7, 11) is 1.78. The van der Waals surface area contributed by atoms with Crippen LogP contribution in [0.15, 0.2) is 59.4 Å². The van der Waals surface area contributed by atoms with Crippen molar-refractivity contribution in [3.63, 3.8) is 0 Å². The first-order valence-electron chi connectivity index (χ1n) is 6.26. The number of hydrogen-bond acceptors (Lipinski definition) is 2. The fourth-order valence-electron chi connectivity index (χ4n) is 2.19. The molecule has 0 amide bonds. The highest BCUT2D eigenvalue weighted by atomic mass is 19.1. The lowest BCUT2D eigenvalue weighted by molar-refractivity contribution is 0.628. The van der Waals surface area contributed by atoms with Gasteiger partial charge in [-0.25, -0.2) is 4.39 Å². The second kappa shape index (κ2) is 4.81. The zero-order chi connectivity index (χ0) is 14.1. The molecule has 0 saturated carbocycles. The van der Waals surface area contributed by atoms with Crippen molar-refractivity contribution in [2.75, 3.05) is 11.9 Å². The number of anilines is 2. The summed E-state index contributed by atoms with van der Waals surface area (Å²) in [6.45, 7) is 0. The molecule has 0 bridgehead atoms. The average molecular weight is 268 g/mol. The van der Waals surface area contributed by atoms with Crippen LogP contribution in [0, 0.1) is 5.82 Å². The van der Waals surface area contributed by atoms with Crippen LogP contribution in [-0.4, -0.2) is 12.0 Å². The van der Waals surface area contributed by atoms with Crippen LogP contribution in [0.4, 0.5) is 15.8 Å². The normalized spacial score (nSPS) is 10.7. The van der Waals surface area contributed by atoms with Crippen molar-refractivity contribution in [2.24, 2.45) is 0 Å². The third-order valence-corrected chi connectivity index (χ3v) is 3.31. The molecule has 0 aliphatic heterocycles. The summed E-state index contributed by atoms with van der Waals surface area (Å²) in [5, 5.41) is 0.955. The lowest BCUT2D eigenvalue weighted by atomic mass is 10.2. The Bertz CT molecular complexity index is 809. The van der Waals surface area contributed by atoms with Crippen LogP contribution in [-0.2, 0) is 0 Å². The van der Waals surface area contributed by atoms with E-state index in [1.807, 2.05) is 30.3 Å². The Labute approximate surface area is 115 Å². The molecule has 4 heteroatoms. The molecule has 0 atom stereocenters. The van der Waals surface area contributed by atoms with Crippen LogP contribution < -0.4 is 10.5 Å². The molecule has 0 aliphatic carbocycles. The van der Waals surface area contributed by atoms with E-state index in [0.29, 0.717) is 5.69 Å². The van der Waals surface area contributed by atoms with E-state index in [-0.39, 0.29) is 11.4 Å². The number of rotatable bonds is 2. The first-order chi connectivity index (χ1) is 9.65. The van der Waals surface area contributed by atoms with Crippen molar-refractivity contribution in [1.82, 2.24) is 4.98 Å². The van der Waals surface area contributed by atoms with Crippen molar-refractivity contribution in [1.29, 1.82) is 0 Å². The maximum atomic E-state index is 13.0. The predicted molar refractivity (Wildman–Crippen MR) is 79.0 cm³/mol. The van der Waals surface area contributed by atoms with Crippen molar-refractivity contribution in [2.45, 2.75) is 0 Å². The number of aromatic amines is 1. The lowest BCUT2D eigenvalue weighted by Gasteiger charge is -2.18. The van der Waals surface area contributed by atoms with E-state index in [9.17, 15) is 9.18 Å². The number of nitrogens with one attached hydrogen (secondary N) is 1. The highest BCUT2D eigenvalue weighted by Crippen LogP contribution is 2.22. The number of pyridine rings is 1. The molecule has 3 aromatic rings. The molecule has 0 saturated heterocycles. The zero-order valence-electron chi connectivity index (χ0n) is 10.9. The predicted octanol–water partition coefficient (Wildman–Crippen LogP) is 3.44. The van der Waals surface area contributed by atoms with Gasteiger partial charge in [-0.2, -0.15) is 0 Å². The van der Waals surface area contributed by atoms with Gasteiger partial charge in [-0.3, -0.25) is 4.79 Å². The van der Waals surface area contributed by atoms with Crippen LogP contribution in [0.3, 0.4) is 0 Å². The maximum Gasteiger partial charge on any atom is 0.272 e. The van der Waals surface area contributed by atoms with Gasteiger partial charge >= 0.3 is 0 Å². The number of nitrogens with zero attached hydrogens (tertiary/aromatic N) is 1. The van der Waals surface area contributed by atoms with Crippen molar-refractivity contribution >= 4 is 22.3 Å². The first kappa shape index (κ1) is 12.4. The number of halogens is 1. The fourth-order valence-corrected chi connectivity index (χ4v) is 2.19. The number of benzene rings is 2. The van der Waals surface area contributed by atoms with Crippen LogP contribution in [0.2, 0.25) is 0 Å². The maximum absolute atomic E-state index is 13.0. The largest absolute Gasteiger partial charge is 0.340 e. The molecule has 0 fully saturated rings. The van der Waals surface area contributed by atoms with E-state index in [2.05, 4.69) is 4.98 Å². The van der Waals surface area contributed by atoms with Gasteiger partial charge < -0.3 is 9.88 Å². The molecule has 3 nitrogen and oxygen atoms in total. The molecule has 3 rings (SSSR count). The summed E-state index contributed by atoms with van der Waals surface area (Å²) in [6, 6.07) is 15.5. The molecule has 2 aromatic carbocycles. The molecule has 0 aliphatic rings.